The van der Waals surface area contributed by atoms with Crippen LogP contribution in [0.15, 0.2) is 76.7 Å². The Kier molecular flexibility index (Phi) is 8.90. The van der Waals surface area contributed by atoms with Crippen molar-refractivity contribution in [3.8, 4) is 10.6 Å². The summed E-state index contributed by atoms with van der Waals surface area (Å²) in [4.78, 5) is 33.9. The zero-order valence-electron chi connectivity index (χ0n) is 24.5. The zero-order chi connectivity index (χ0) is 30.7. The van der Waals surface area contributed by atoms with Crippen LogP contribution in [0.3, 0.4) is 0 Å². The van der Waals surface area contributed by atoms with E-state index in [-0.39, 0.29) is 39.1 Å². The third-order valence-electron chi connectivity index (χ3n) is 8.09. The number of ether oxygens (including phenoxy) is 1. The van der Waals surface area contributed by atoms with E-state index in [0.29, 0.717) is 5.56 Å². The minimum absolute atomic E-state index is 0.0315. The fraction of sp³-hybridized carbons (Fsp3) is 0.303. The van der Waals surface area contributed by atoms with Gasteiger partial charge in [-0.3, -0.25) is 14.5 Å². The first-order chi connectivity index (χ1) is 21.3. The molecule has 44 heavy (non-hydrogen) atoms. The van der Waals surface area contributed by atoms with Gasteiger partial charge in [0.05, 0.1) is 40.8 Å². The number of carbonyl (C=O) groups excluding carboxylic acids is 2. The number of benzene rings is 3. The first-order valence-electron chi connectivity index (χ1n) is 14.7. The number of anilines is 1. The molecule has 11 heteroatoms. The maximum Gasteiger partial charge on any atom is 0.257 e. The summed E-state index contributed by atoms with van der Waals surface area (Å²) in [7, 11) is -3.96. The molecule has 4 aromatic rings. The first-order valence-corrected chi connectivity index (χ1v) is 17.0. The Morgan fingerprint density at radius 1 is 1.02 bits per heavy atom. The fourth-order valence-electron chi connectivity index (χ4n) is 5.59. The molecule has 3 heterocycles. The third kappa shape index (κ3) is 6.32. The number of hydrogen-bond acceptors (Lipinski definition) is 8. The van der Waals surface area contributed by atoms with Crippen molar-refractivity contribution in [1.82, 2.24) is 15.2 Å². The van der Waals surface area contributed by atoms with Gasteiger partial charge in [0.2, 0.25) is 9.84 Å². The van der Waals surface area contributed by atoms with Crippen LogP contribution in [-0.4, -0.2) is 63.0 Å². The minimum Gasteiger partial charge on any atom is -0.379 e. The van der Waals surface area contributed by atoms with Crippen LogP contribution in [0, 0.1) is 6.92 Å². The quantitative estimate of drug-likeness (QED) is 0.247. The van der Waals surface area contributed by atoms with Crippen molar-refractivity contribution in [2.75, 3.05) is 38.2 Å². The number of nitrogens with one attached hydrogen (secondary N) is 2. The number of rotatable bonds is 9. The summed E-state index contributed by atoms with van der Waals surface area (Å²) in [5.41, 5.74) is 3.21. The van der Waals surface area contributed by atoms with Crippen LogP contribution in [0.25, 0.3) is 10.6 Å². The number of aryl methyl sites for hydroxylation is 1. The van der Waals surface area contributed by atoms with E-state index in [9.17, 15) is 18.0 Å². The third-order valence-corrected chi connectivity index (χ3v) is 11.0. The highest BCUT2D eigenvalue weighted by Gasteiger charge is 2.33. The van der Waals surface area contributed by atoms with Crippen molar-refractivity contribution in [1.29, 1.82) is 0 Å². The molecule has 1 aromatic heterocycles. The molecule has 6 rings (SSSR count). The standard InChI is InChI=1S/C33H34N4O5S2/c1-22-26(13-14-29-30(22)36-32(39)27-7-2-3-8-28(27)44(29,40)41)31(38)34-20-25-21-35-33(43-25)24-11-9-23(10-12-24)6-4-5-15-37-16-18-42-19-17-37/h2-3,7-14,21H,4-6,15-20H2,1H3,(H,34,38)(H,36,39). The molecular weight excluding hydrogens is 597 g/mol. The largest absolute Gasteiger partial charge is 0.379 e. The molecule has 9 nitrogen and oxygen atoms in total. The Hall–Kier alpha value is -3.90. The van der Waals surface area contributed by atoms with E-state index < -0.39 is 15.7 Å². The second-order valence-electron chi connectivity index (χ2n) is 11.0. The second-order valence-corrected chi connectivity index (χ2v) is 14.0. The van der Waals surface area contributed by atoms with Crippen LogP contribution in [0.5, 0.6) is 0 Å². The average molecular weight is 631 g/mol. The number of unbranched alkanes of at least 4 members (excludes halogenated alkanes) is 1. The first kappa shape index (κ1) is 30.1. The van der Waals surface area contributed by atoms with Gasteiger partial charge < -0.3 is 15.4 Å². The number of sulfone groups is 1. The van der Waals surface area contributed by atoms with Gasteiger partial charge in [-0.1, -0.05) is 36.4 Å². The predicted molar refractivity (Wildman–Crippen MR) is 170 cm³/mol. The Morgan fingerprint density at radius 2 is 1.80 bits per heavy atom. The highest BCUT2D eigenvalue weighted by molar-refractivity contribution is 7.91. The van der Waals surface area contributed by atoms with Crippen LogP contribution in [0.2, 0.25) is 0 Å². The Labute approximate surface area is 261 Å². The van der Waals surface area contributed by atoms with E-state index in [2.05, 4.69) is 44.8 Å². The molecule has 3 aromatic carbocycles. The zero-order valence-corrected chi connectivity index (χ0v) is 26.1. The number of nitrogens with zero attached hydrogens (tertiary/aromatic N) is 2. The van der Waals surface area contributed by atoms with Gasteiger partial charge in [-0.15, -0.1) is 11.3 Å². The van der Waals surface area contributed by atoms with Crippen LogP contribution in [0.1, 0.15) is 49.6 Å². The average Bonchev–Trinajstić information content (AvgIpc) is 3.49. The van der Waals surface area contributed by atoms with Crippen molar-refractivity contribution in [2.24, 2.45) is 0 Å². The molecule has 0 spiro atoms. The van der Waals surface area contributed by atoms with Gasteiger partial charge in [0.1, 0.15) is 5.01 Å². The van der Waals surface area contributed by atoms with Crippen molar-refractivity contribution in [2.45, 2.75) is 42.5 Å². The smallest absolute Gasteiger partial charge is 0.257 e. The fourth-order valence-corrected chi connectivity index (χ4v) is 8.11. The number of amides is 2. The predicted octanol–water partition coefficient (Wildman–Crippen LogP) is 5.10. The monoisotopic (exact) mass is 630 g/mol. The Morgan fingerprint density at radius 3 is 2.59 bits per heavy atom. The summed E-state index contributed by atoms with van der Waals surface area (Å²) >= 11 is 1.51. The van der Waals surface area contributed by atoms with Crippen molar-refractivity contribution < 1.29 is 22.7 Å². The highest BCUT2D eigenvalue weighted by Crippen LogP contribution is 2.37. The molecule has 2 amide bonds. The van der Waals surface area contributed by atoms with Crippen LogP contribution in [-0.2, 0) is 27.5 Å². The van der Waals surface area contributed by atoms with Gasteiger partial charge in [0.15, 0.2) is 0 Å². The van der Waals surface area contributed by atoms with Crippen LogP contribution < -0.4 is 10.6 Å². The molecule has 0 bridgehead atoms. The lowest BCUT2D eigenvalue weighted by Gasteiger charge is -2.26. The van der Waals surface area contributed by atoms with Gasteiger partial charge in [0.25, 0.3) is 11.8 Å². The number of aromatic nitrogens is 1. The lowest BCUT2D eigenvalue weighted by molar-refractivity contribution is 0.0372. The minimum atomic E-state index is -3.96. The van der Waals surface area contributed by atoms with Crippen LogP contribution >= 0.6 is 11.3 Å². The van der Waals surface area contributed by atoms with Gasteiger partial charge in [-0.2, -0.15) is 0 Å². The second kappa shape index (κ2) is 13.0. The van der Waals surface area contributed by atoms with Crippen molar-refractivity contribution in [3.63, 3.8) is 0 Å². The molecule has 2 N–H and O–H groups in total. The molecule has 0 radical (unpaired) electrons. The highest BCUT2D eigenvalue weighted by atomic mass is 32.2. The van der Waals surface area contributed by atoms with Gasteiger partial charge in [-0.25, -0.2) is 13.4 Å². The summed E-state index contributed by atoms with van der Waals surface area (Å²) in [5, 5.41) is 6.50. The summed E-state index contributed by atoms with van der Waals surface area (Å²) in [6.07, 6.45) is 5.13. The van der Waals surface area contributed by atoms with Crippen LogP contribution in [0.4, 0.5) is 5.69 Å². The van der Waals surface area contributed by atoms with Gasteiger partial charge >= 0.3 is 0 Å². The number of fused-ring (bicyclic) bond motifs is 2. The Balaban J connectivity index is 1.07. The molecule has 0 atom stereocenters. The normalized spacial score (nSPS) is 16.0. The van der Waals surface area contributed by atoms with E-state index >= 15 is 0 Å². The van der Waals surface area contributed by atoms with Gasteiger partial charge in [0, 0.05) is 35.3 Å². The topological polar surface area (TPSA) is 118 Å². The molecule has 1 saturated heterocycles. The van der Waals surface area contributed by atoms with E-state index in [4.69, 9.17) is 4.74 Å². The molecule has 2 aliphatic rings. The molecule has 0 saturated carbocycles. The van der Waals surface area contributed by atoms with E-state index in [1.165, 1.54) is 47.6 Å². The summed E-state index contributed by atoms with van der Waals surface area (Å²) in [6.45, 7) is 6.77. The maximum atomic E-state index is 13.4. The molecule has 0 unspecified atom stereocenters. The molecule has 2 aliphatic heterocycles. The molecule has 228 valence electrons. The molecule has 0 aliphatic carbocycles. The maximum absolute atomic E-state index is 13.4. The summed E-state index contributed by atoms with van der Waals surface area (Å²) < 4.78 is 32.1. The van der Waals surface area contributed by atoms with E-state index in [1.54, 1.807) is 25.3 Å². The van der Waals surface area contributed by atoms with Crippen molar-refractivity contribution >= 4 is 38.7 Å². The number of hydrogen-bond donors (Lipinski definition) is 2. The number of carbonyl (C=O) groups is 2. The lowest BCUT2D eigenvalue weighted by atomic mass is 10.1. The summed E-state index contributed by atoms with van der Waals surface area (Å²) in [5.74, 6) is -0.899. The lowest BCUT2D eigenvalue weighted by Crippen LogP contribution is -2.36. The van der Waals surface area contributed by atoms with Gasteiger partial charge in [-0.05, 0) is 68.1 Å². The summed E-state index contributed by atoms with van der Waals surface area (Å²) in [6, 6.07) is 17.5. The van der Waals surface area contributed by atoms with E-state index in [1.807, 2.05) is 0 Å². The van der Waals surface area contributed by atoms with E-state index in [0.717, 1.165) is 61.1 Å². The SMILES string of the molecule is Cc1c(C(=O)NCc2cnc(-c3ccc(CCCCN4CCOCC4)cc3)s2)ccc2c1NC(=O)c1ccccc1S2(=O)=O. The number of morpholine rings is 1. The van der Waals surface area contributed by atoms with Crippen molar-refractivity contribution in [3.05, 3.63) is 94.0 Å². The molecular formula is C33H34N4O5S2. The number of thiazole rings is 1. The molecule has 1 fully saturated rings. The Bertz CT molecular complexity index is 1800.